The van der Waals surface area contributed by atoms with E-state index in [1.165, 1.54) is 0 Å². The summed E-state index contributed by atoms with van der Waals surface area (Å²) in [5.41, 5.74) is -0.282. The van der Waals surface area contributed by atoms with Crippen LogP contribution < -0.4 is 0 Å². The van der Waals surface area contributed by atoms with Crippen molar-refractivity contribution >= 4 is 0 Å². The lowest BCUT2D eigenvalue weighted by Gasteiger charge is -2.58. The molecule has 5 atom stereocenters. The van der Waals surface area contributed by atoms with Crippen LogP contribution in [0.25, 0.3) is 0 Å². The van der Waals surface area contributed by atoms with Gasteiger partial charge in [0.25, 0.3) is 0 Å². The van der Waals surface area contributed by atoms with E-state index in [1.54, 1.807) is 0 Å². The van der Waals surface area contributed by atoms with E-state index in [2.05, 4.69) is 13.2 Å². The van der Waals surface area contributed by atoms with E-state index in [0.29, 0.717) is 12.0 Å². The van der Waals surface area contributed by atoms with Gasteiger partial charge in [-0.2, -0.15) is 0 Å². The summed E-state index contributed by atoms with van der Waals surface area (Å²) >= 11 is 0. The van der Waals surface area contributed by atoms with Crippen molar-refractivity contribution in [3.05, 3.63) is 24.3 Å². The van der Waals surface area contributed by atoms with Gasteiger partial charge in [0.05, 0.1) is 17.8 Å². The maximum Gasteiger partial charge on any atom is 0.0962 e. The molecule has 2 aliphatic carbocycles. The molecule has 3 nitrogen and oxygen atoms in total. The first-order valence-corrected chi connectivity index (χ1v) is 6.65. The molecule has 0 saturated heterocycles. The van der Waals surface area contributed by atoms with Gasteiger partial charge in [0.15, 0.2) is 0 Å². The van der Waals surface area contributed by atoms with E-state index in [9.17, 15) is 15.3 Å². The highest BCUT2D eigenvalue weighted by atomic mass is 16.3. The number of aliphatic hydroxyl groups is 3. The molecule has 2 fully saturated rings. The largest absolute Gasteiger partial charge is 0.392 e. The number of fused-ring (bicyclic) bond motifs is 1. The number of hydrogen-bond acceptors (Lipinski definition) is 3. The van der Waals surface area contributed by atoms with Crippen LogP contribution in [0.5, 0.6) is 0 Å². The molecule has 3 heteroatoms. The summed E-state index contributed by atoms with van der Waals surface area (Å²) in [6.45, 7) is 11.7. The molecule has 18 heavy (non-hydrogen) atoms. The Morgan fingerprint density at radius 2 is 2.00 bits per heavy atom. The fourth-order valence-corrected chi connectivity index (χ4v) is 3.62. The molecule has 5 unspecified atom stereocenters. The number of aliphatic hydroxyl groups excluding tert-OH is 2. The lowest BCUT2D eigenvalue weighted by atomic mass is 9.51. The van der Waals surface area contributed by atoms with Gasteiger partial charge in [0.1, 0.15) is 0 Å². The average Bonchev–Trinajstić information content (AvgIpc) is 2.29. The molecule has 0 aromatic heterocycles. The normalized spacial score (nSPS) is 48.7. The van der Waals surface area contributed by atoms with Gasteiger partial charge in [-0.1, -0.05) is 25.7 Å². The van der Waals surface area contributed by atoms with Crippen molar-refractivity contribution < 1.29 is 15.3 Å². The van der Waals surface area contributed by atoms with Gasteiger partial charge in [0.2, 0.25) is 0 Å². The SMILES string of the molecule is C=C(C)C1CCC2(C)C(O)CC(O)C(=C)C2(O)C1. The van der Waals surface area contributed by atoms with Crippen LogP contribution in [-0.4, -0.2) is 33.1 Å². The highest BCUT2D eigenvalue weighted by Gasteiger charge is 2.60. The molecule has 0 amide bonds. The monoisotopic (exact) mass is 252 g/mol. The lowest BCUT2D eigenvalue weighted by Crippen LogP contribution is -2.63. The molecule has 0 aromatic carbocycles. The topological polar surface area (TPSA) is 60.7 Å². The van der Waals surface area contributed by atoms with Gasteiger partial charge in [-0.05, 0) is 37.7 Å². The Balaban J connectivity index is 2.39. The molecule has 2 aliphatic rings. The van der Waals surface area contributed by atoms with Gasteiger partial charge in [-0.25, -0.2) is 0 Å². The smallest absolute Gasteiger partial charge is 0.0962 e. The van der Waals surface area contributed by atoms with Crippen molar-refractivity contribution in [2.24, 2.45) is 11.3 Å². The van der Waals surface area contributed by atoms with Gasteiger partial charge in [0, 0.05) is 11.8 Å². The van der Waals surface area contributed by atoms with Crippen LogP contribution in [0.1, 0.15) is 39.5 Å². The summed E-state index contributed by atoms with van der Waals surface area (Å²) in [6, 6.07) is 0. The van der Waals surface area contributed by atoms with E-state index in [-0.39, 0.29) is 12.3 Å². The van der Waals surface area contributed by atoms with Crippen molar-refractivity contribution in [1.29, 1.82) is 0 Å². The van der Waals surface area contributed by atoms with Crippen LogP contribution in [0.3, 0.4) is 0 Å². The third-order valence-corrected chi connectivity index (χ3v) is 5.31. The first-order valence-electron chi connectivity index (χ1n) is 6.65. The van der Waals surface area contributed by atoms with Gasteiger partial charge >= 0.3 is 0 Å². The second kappa shape index (κ2) is 4.19. The maximum absolute atomic E-state index is 11.0. The molecule has 0 bridgehead atoms. The molecular formula is C15H24O3. The van der Waals surface area contributed by atoms with Gasteiger partial charge in [-0.3, -0.25) is 0 Å². The molecular weight excluding hydrogens is 228 g/mol. The van der Waals surface area contributed by atoms with Crippen molar-refractivity contribution in [3.8, 4) is 0 Å². The molecule has 102 valence electrons. The van der Waals surface area contributed by atoms with Gasteiger partial charge < -0.3 is 15.3 Å². The molecule has 0 radical (unpaired) electrons. The molecule has 0 aliphatic heterocycles. The second-order valence-electron chi connectivity index (χ2n) is 6.36. The highest BCUT2D eigenvalue weighted by molar-refractivity contribution is 5.30. The van der Waals surface area contributed by atoms with E-state index in [0.717, 1.165) is 18.4 Å². The second-order valence-corrected chi connectivity index (χ2v) is 6.36. The van der Waals surface area contributed by atoms with E-state index in [4.69, 9.17) is 0 Å². The Kier molecular flexibility index (Phi) is 3.21. The minimum Gasteiger partial charge on any atom is -0.392 e. The molecule has 0 heterocycles. The Labute approximate surface area is 109 Å². The quantitative estimate of drug-likeness (QED) is 0.623. The minimum absolute atomic E-state index is 0.234. The first-order chi connectivity index (χ1) is 8.22. The van der Waals surface area contributed by atoms with Crippen LogP contribution >= 0.6 is 0 Å². The zero-order chi connectivity index (χ0) is 13.7. The van der Waals surface area contributed by atoms with E-state index in [1.807, 2.05) is 13.8 Å². The third-order valence-electron chi connectivity index (χ3n) is 5.31. The van der Waals surface area contributed by atoms with Crippen molar-refractivity contribution in [3.63, 3.8) is 0 Å². The Bertz CT molecular complexity index is 389. The zero-order valence-corrected chi connectivity index (χ0v) is 11.3. The maximum atomic E-state index is 11.0. The van der Waals surface area contributed by atoms with Crippen molar-refractivity contribution in [2.45, 2.75) is 57.3 Å². The zero-order valence-electron chi connectivity index (χ0n) is 11.3. The predicted molar refractivity (Wildman–Crippen MR) is 71.0 cm³/mol. The molecule has 2 rings (SSSR count). The molecule has 0 spiro atoms. The van der Waals surface area contributed by atoms with Crippen LogP contribution in [0.4, 0.5) is 0 Å². The summed E-state index contributed by atoms with van der Waals surface area (Å²) in [4.78, 5) is 0. The summed E-state index contributed by atoms with van der Waals surface area (Å²) in [5.74, 6) is 0.234. The van der Waals surface area contributed by atoms with Crippen molar-refractivity contribution in [1.82, 2.24) is 0 Å². The summed E-state index contributed by atoms with van der Waals surface area (Å²) in [5, 5.41) is 31.2. The fraction of sp³-hybridized carbons (Fsp3) is 0.733. The summed E-state index contributed by atoms with van der Waals surface area (Å²) < 4.78 is 0. The molecule has 0 aromatic rings. The minimum atomic E-state index is -1.19. The predicted octanol–water partition coefficient (Wildman–Crippen LogP) is 1.78. The number of allylic oxidation sites excluding steroid dienone is 1. The third kappa shape index (κ3) is 1.68. The standard InChI is InChI=1S/C15H24O3/c1-9(2)11-5-6-14(4)13(17)7-12(16)10(3)15(14,18)8-11/h11-13,16-18H,1,3,5-8H2,2,4H3. The van der Waals surface area contributed by atoms with Crippen LogP contribution in [0, 0.1) is 11.3 Å². The summed E-state index contributed by atoms with van der Waals surface area (Å²) in [7, 11) is 0. The average molecular weight is 252 g/mol. The van der Waals surface area contributed by atoms with Gasteiger partial charge in [-0.15, -0.1) is 0 Å². The van der Waals surface area contributed by atoms with Crippen LogP contribution in [-0.2, 0) is 0 Å². The Hall–Kier alpha value is -0.640. The van der Waals surface area contributed by atoms with E-state index >= 15 is 0 Å². The summed E-state index contributed by atoms with van der Waals surface area (Å²) in [6.07, 6.45) is 0.931. The van der Waals surface area contributed by atoms with Crippen LogP contribution in [0.15, 0.2) is 24.3 Å². The highest BCUT2D eigenvalue weighted by Crippen LogP contribution is 2.56. The number of hydrogen-bond donors (Lipinski definition) is 3. The fourth-order valence-electron chi connectivity index (χ4n) is 3.62. The Morgan fingerprint density at radius 1 is 1.39 bits per heavy atom. The van der Waals surface area contributed by atoms with E-state index < -0.39 is 23.2 Å². The Morgan fingerprint density at radius 3 is 2.56 bits per heavy atom. The lowest BCUT2D eigenvalue weighted by molar-refractivity contribution is -0.179. The molecule has 2 saturated carbocycles. The molecule has 3 N–H and O–H groups in total. The first kappa shape index (κ1) is 13.8. The van der Waals surface area contributed by atoms with Crippen LogP contribution in [0.2, 0.25) is 0 Å². The number of rotatable bonds is 1. The van der Waals surface area contributed by atoms with Crippen molar-refractivity contribution in [2.75, 3.05) is 0 Å².